The van der Waals surface area contributed by atoms with Gasteiger partial charge in [-0.05, 0) is 31.0 Å². The average Bonchev–Trinajstić information content (AvgIpc) is 2.68. The summed E-state index contributed by atoms with van der Waals surface area (Å²) in [4.78, 5) is 8.83. The summed E-state index contributed by atoms with van der Waals surface area (Å²) in [6.07, 6.45) is 2.27. The standard InChI is InChI=1S/C20H27FN4O2/c1-3-22-20(24-12-10-16-7-4-5-9-18(16)21)25-15-17-8-6-11-23-19(17)27-14-13-26-2/h4-9,11H,3,10,12-15H2,1-2H3,(H2,22,24,25). The topological polar surface area (TPSA) is 67.8 Å². The molecule has 6 nitrogen and oxygen atoms in total. The average molecular weight is 374 g/mol. The van der Waals surface area contributed by atoms with Crippen LogP contribution in [0, 0.1) is 5.82 Å². The van der Waals surface area contributed by atoms with Crippen LogP contribution >= 0.6 is 0 Å². The molecule has 0 aliphatic heterocycles. The number of hydrogen-bond donors (Lipinski definition) is 2. The van der Waals surface area contributed by atoms with Crippen LogP contribution in [0.4, 0.5) is 4.39 Å². The molecule has 0 aliphatic carbocycles. The molecule has 0 unspecified atom stereocenters. The number of aliphatic imine (C=N–C) groups is 1. The van der Waals surface area contributed by atoms with E-state index in [-0.39, 0.29) is 5.82 Å². The van der Waals surface area contributed by atoms with Crippen molar-refractivity contribution in [1.82, 2.24) is 15.6 Å². The zero-order valence-corrected chi connectivity index (χ0v) is 15.9. The van der Waals surface area contributed by atoms with E-state index >= 15 is 0 Å². The van der Waals surface area contributed by atoms with Crippen molar-refractivity contribution in [3.05, 3.63) is 59.5 Å². The minimum atomic E-state index is -0.186. The Labute approximate surface area is 159 Å². The zero-order chi connectivity index (χ0) is 19.3. The highest BCUT2D eigenvalue weighted by Crippen LogP contribution is 2.15. The van der Waals surface area contributed by atoms with Gasteiger partial charge in [0, 0.05) is 32.0 Å². The first-order chi connectivity index (χ1) is 13.2. The second-order valence-corrected chi connectivity index (χ2v) is 5.77. The minimum absolute atomic E-state index is 0.186. The molecule has 0 aliphatic rings. The van der Waals surface area contributed by atoms with Crippen LogP contribution in [0.1, 0.15) is 18.1 Å². The third-order valence-corrected chi connectivity index (χ3v) is 3.77. The lowest BCUT2D eigenvalue weighted by molar-refractivity contribution is 0.143. The van der Waals surface area contributed by atoms with Gasteiger partial charge in [0.1, 0.15) is 12.4 Å². The fourth-order valence-corrected chi connectivity index (χ4v) is 2.42. The van der Waals surface area contributed by atoms with Gasteiger partial charge in [0.2, 0.25) is 5.88 Å². The first kappa shape index (κ1) is 20.6. The third kappa shape index (κ3) is 7.22. The predicted molar refractivity (Wildman–Crippen MR) is 105 cm³/mol. The monoisotopic (exact) mass is 374 g/mol. The minimum Gasteiger partial charge on any atom is -0.475 e. The number of ether oxygens (including phenoxy) is 2. The lowest BCUT2D eigenvalue weighted by Crippen LogP contribution is -2.38. The Hall–Kier alpha value is -2.67. The first-order valence-corrected chi connectivity index (χ1v) is 9.05. The van der Waals surface area contributed by atoms with Gasteiger partial charge in [-0.2, -0.15) is 0 Å². The summed E-state index contributed by atoms with van der Waals surface area (Å²) < 4.78 is 24.3. The molecule has 2 aromatic rings. The number of pyridine rings is 1. The van der Waals surface area contributed by atoms with Crippen molar-refractivity contribution < 1.29 is 13.9 Å². The van der Waals surface area contributed by atoms with E-state index in [4.69, 9.17) is 9.47 Å². The molecule has 146 valence electrons. The summed E-state index contributed by atoms with van der Waals surface area (Å²) in [7, 11) is 1.63. The Morgan fingerprint density at radius 2 is 1.93 bits per heavy atom. The SMILES string of the molecule is CCNC(=NCc1cccnc1OCCOC)NCCc1ccccc1F. The quantitative estimate of drug-likeness (QED) is 0.380. The molecule has 27 heavy (non-hydrogen) atoms. The first-order valence-electron chi connectivity index (χ1n) is 9.05. The van der Waals surface area contributed by atoms with Gasteiger partial charge in [-0.3, -0.25) is 0 Å². The van der Waals surface area contributed by atoms with E-state index in [1.54, 1.807) is 25.4 Å². The number of rotatable bonds is 10. The Balaban J connectivity index is 1.94. The molecule has 2 rings (SSSR count). The predicted octanol–water partition coefficient (Wildman–Crippen LogP) is 2.54. The molecule has 1 heterocycles. The number of methoxy groups -OCH3 is 1. The van der Waals surface area contributed by atoms with Gasteiger partial charge in [0.25, 0.3) is 0 Å². The maximum absolute atomic E-state index is 13.7. The van der Waals surface area contributed by atoms with Gasteiger partial charge in [-0.15, -0.1) is 0 Å². The number of nitrogens with zero attached hydrogens (tertiary/aromatic N) is 2. The normalized spacial score (nSPS) is 11.3. The summed E-state index contributed by atoms with van der Waals surface area (Å²) in [5.74, 6) is 1.04. The Bertz CT molecular complexity index is 725. The Kier molecular flexibility index (Phi) is 9.06. The highest BCUT2D eigenvalue weighted by atomic mass is 19.1. The fourth-order valence-electron chi connectivity index (χ4n) is 2.42. The molecular weight excluding hydrogens is 347 g/mol. The Morgan fingerprint density at radius 3 is 2.70 bits per heavy atom. The van der Waals surface area contributed by atoms with E-state index in [0.29, 0.717) is 50.1 Å². The number of guanidine groups is 1. The molecule has 0 fully saturated rings. The number of nitrogens with one attached hydrogen (secondary N) is 2. The summed E-state index contributed by atoms with van der Waals surface area (Å²) in [6.45, 7) is 4.67. The Morgan fingerprint density at radius 1 is 1.11 bits per heavy atom. The van der Waals surface area contributed by atoms with E-state index in [2.05, 4.69) is 20.6 Å². The summed E-state index contributed by atoms with van der Waals surface area (Å²) in [5.41, 5.74) is 1.57. The smallest absolute Gasteiger partial charge is 0.218 e. The van der Waals surface area contributed by atoms with Crippen LogP contribution in [0.15, 0.2) is 47.6 Å². The maximum Gasteiger partial charge on any atom is 0.218 e. The third-order valence-electron chi connectivity index (χ3n) is 3.77. The highest BCUT2D eigenvalue weighted by Gasteiger charge is 2.06. The van der Waals surface area contributed by atoms with Crippen LogP contribution < -0.4 is 15.4 Å². The van der Waals surface area contributed by atoms with Gasteiger partial charge in [-0.25, -0.2) is 14.4 Å². The van der Waals surface area contributed by atoms with E-state index in [1.807, 2.05) is 25.1 Å². The fraction of sp³-hybridized carbons (Fsp3) is 0.400. The number of hydrogen-bond acceptors (Lipinski definition) is 4. The molecule has 0 saturated heterocycles. The van der Waals surface area contributed by atoms with Crippen LogP contribution in [0.2, 0.25) is 0 Å². The largest absolute Gasteiger partial charge is 0.475 e. The van der Waals surface area contributed by atoms with Gasteiger partial charge in [0.15, 0.2) is 5.96 Å². The van der Waals surface area contributed by atoms with Gasteiger partial charge in [0.05, 0.1) is 13.2 Å². The molecule has 1 aromatic carbocycles. The van der Waals surface area contributed by atoms with Crippen LogP contribution in [0.25, 0.3) is 0 Å². The van der Waals surface area contributed by atoms with E-state index in [0.717, 1.165) is 12.1 Å². The lowest BCUT2D eigenvalue weighted by atomic mass is 10.1. The van der Waals surface area contributed by atoms with Crippen molar-refractivity contribution in [2.45, 2.75) is 19.9 Å². The number of aromatic nitrogens is 1. The number of benzene rings is 1. The van der Waals surface area contributed by atoms with Crippen molar-refractivity contribution in [1.29, 1.82) is 0 Å². The molecule has 0 bridgehead atoms. The number of halogens is 1. The van der Waals surface area contributed by atoms with Gasteiger partial charge < -0.3 is 20.1 Å². The van der Waals surface area contributed by atoms with E-state index in [9.17, 15) is 4.39 Å². The molecule has 0 radical (unpaired) electrons. The van der Waals surface area contributed by atoms with Gasteiger partial charge >= 0.3 is 0 Å². The lowest BCUT2D eigenvalue weighted by Gasteiger charge is -2.12. The molecule has 7 heteroatoms. The summed E-state index contributed by atoms with van der Waals surface area (Å²) in [5, 5.41) is 6.42. The van der Waals surface area contributed by atoms with Crippen molar-refractivity contribution in [2.75, 3.05) is 33.4 Å². The van der Waals surface area contributed by atoms with Gasteiger partial charge in [-0.1, -0.05) is 24.3 Å². The maximum atomic E-state index is 13.7. The van der Waals surface area contributed by atoms with Crippen molar-refractivity contribution >= 4 is 5.96 Å². The van der Waals surface area contributed by atoms with Crippen LogP contribution in [0.5, 0.6) is 5.88 Å². The summed E-state index contributed by atoms with van der Waals surface area (Å²) in [6, 6.07) is 10.6. The van der Waals surface area contributed by atoms with E-state index < -0.39 is 0 Å². The van der Waals surface area contributed by atoms with Crippen LogP contribution in [-0.4, -0.2) is 44.4 Å². The molecule has 2 N–H and O–H groups in total. The molecule has 0 spiro atoms. The second kappa shape index (κ2) is 11.9. The van der Waals surface area contributed by atoms with Crippen LogP contribution in [-0.2, 0) is 17.7 Å². The molecule has 0 amide bonds. The highest BCUT2D eigenvalue weighted by molar-refractivity contribution is 5.79. The van der Waals surface area contributed by atoms with Crippen LogP contribution in [0.3, 0.4) is 0 Å². The zero-order valence-electron chi connectivity index (χ0n) is 15.9. The van der Waals surface area contributed by atoms with Crippen molar-refractivity contribution in [3.63, 3.8) is 0 Å². The van der Waals surface area contributed by atoms with Crippen molar-refractivity contribution in [2.24, 2.45) is 4.99 Å². The molecule has 0 saturated carbocycles. The molecule has 0 atom stereocenters. The van der Waals surface area contributed by atoms with Crippen molar-refractivity contribution in [3.8, 4) is 5.88 Å². The molecular formula is C20H27FN4O2. The van der Waals surface area contributed by atoms with E-state index in [1.165, 1.54) is 6.07 Å². The summed E-state index contributed by atoms with van der Waals surface area (Å²) >= 11 is 0. The second-order valence-electron chi connectivity index (χ2n) is 5.77. The molecule has 1 aromatic heterocycles.